The molecule has 0 bridgehead atoms. The molecule has 162 valence electrons. The topological polar surface area (TPSA) is 104 Å². The first-order valence-electron chi connectivity index (χ1n) is 9.42. The molecule has 0 unspecified atom stereocenters. The van der Waals surface area contributed by atoms with Crippen LogP contribution in [0.4, 0.5) is 8.78 Å². The van der Waals surface area contributed by atoms with Gasteiger partial charge in [-0.05, 0) is 55.5 Å². The van der Waals surface area contributed by atoms with E-state index >= 15 is 0 Å². The van der Waals surface area contributed by atoms with E-state index < -0.39 is 38.4 Å². The van der Waals surface area contributed by atoms with Gasteiger partial charge in [-0.15, -0.1) is 11.3 Å². The molecule has 7 nitrogen and oxygen atoms in total. The van der Waals surface area contributed by atoms with Gasteiger partial charge < -0.3 is 0 Å². The fraction of sp³-hybridized carbons (Fsp3) is 0.368. The van der Waals surface area contributed by atoms with Crippen LogP contribution in [0.3, 0.4) is 0 Å². The Bertz CT molecular complexity index is 1030. The zero-order valence-corrected chi connectivity index (χ0v) is 17.6. The number of benzene rings is 1. The Hall–Kier alpha value is -2.37. The number of fused-ring (bicyclic) bond motifs is 1. The Labute approximate surface area is 176 Å². The summed E-state index contributed by atoms with van der Waals surface area (Å²) in [6.07, 6.45) is 5.03. The van der Waals surface area contributed by atoms with Gasteiger partial charge >= 0.3 is 0 Å². The van der Waals surface area contributed by atoms with E-state index in [9.17, 15) is 26.8 Å². The van der Waals surface area contributed by atoms with Crippen molar-refractivity contribution in [1.29, 1.82) is 0 Å². The number of aryl methyl sites for hydroxylation is 2. The number of carbonyl (C=O) groups excluding carboxylic acids is 2. The fourth-order valence-corrected chi connectivity index (χ4v) is 5.25. The van der Waals surface area contributed by atoms with Gasteiger partial charge in [0.25, 0.3) is 5.91 Å². The normalized spacial score (nSPS) is 13.9. The highest BCUT2D eigenvalue weighted by atomic mass is 32.2. The van der Waals surface area contributed by atoms with Crippen molar-refractivity contribution >= 4 is 33.2 Å². The van der Waals surface area contributed by atoms with Crippen LogP contribution in [0.15, 0.2) is 29.2 Å². The van der Waals surface area contributed by atoms with Crippen LogP contribution in [0.2, 0.25) is 0 Å². The number of nitrogens with one attached hydrogen (secondary N) is 3. The van der Waals surface area contributed by atoms with E-state index in [4.69, 9.17) is 0 Å². The van der Waals surface area contributed by atoms with Gasteiger partial charge in [0.2, 0.25) is 15.9 Å². The summed E-state index contributed by atoms with van der Waals surface area (Å²) in [7, 11) is -4.10. The molecule has 1 aliphatic carbocycles. The van der Waals surface area contributed by atoms with Gasteiger partial charge in [0.05, 0.1) is 9.77 Å². The number of hydrazine groups is 1. The molecule has 0 fully saturated rings. The minimum absolute atomic E-state index is 0.260. The van der Waals surface area contributed by atoms with Crippen LogP contribution in [0.1, 0.15) is 45.8 Å². The van der Waals surface area contributed by atoms with Crippen molar-refractivity contribution in [3.8, 4) is 0 Å². The predicted octanol–water partition coefficient (Wildman–Crippen LogP) is 2.42. The average molecular weight is 458 g/mol. The van der Waals surface area contributed by atoms with Crippen LogP contribution >= 0.6 is 11.3 Å². The quantitative estimate of drug-likeness (QED) is 0.458. The first-order chi connectivity index (χ1) is 14.3. The van der Waals surface area contributed by atoms with Crippen molar-refractivity contribution in [3.05, 3.63) is 51.2 Å². The largest absolute Gasteiger partial charge is 0.279 e. The van der Waals surface area contributed by atoms with Gasteiger partial charge in [-0.2, -0.15) is 0 Å². The lowest BCUT2D eigenvalue weighted by Crippen LogP contribution is -2.42. The summed E-state index contributed by atoms with van der Waals surface area (Å²) in [5.74, 6) is -3.48. The van der Waals surface area contributed by atoms with E-state index in [1.165, 1.54) is 28.2 Å². The molecule has 0 saturated heterocycles. The minimum atomic E-state index is -4.10. The number of sulfonamides is 1. The third-order valence-corrected chi connectivity index (χ3v) is 7.33. The summed E-state index contributed by atoms with van der Waals surface area (Å²) in [5.41, 5.74) is 5.74. The lowest BCUT2D eigenvalue weighted by atomic mass is 10.1. The molecule has 1 aromatic heterocycles. The summed E-state index contributed by atoms with van der Waals surface area (Å²) in [6.45, 7) is -0.281. The monoisotopic (exact) mass is 457 g/mol. The van der Waals surface area contributed by atoms with Crippen molar-refractivity contribution in [2.45, 2.75) is 43.4 Å². The van der Waals surface area contributed by atoms with Crippen LogP contribution in [0, 0.1) is 11.6 Å². The van der Waals surface area contributed by atoms with Gasteiger partial charge in [0.1, 0.15) is 0 Å². The van der Waals surface area contributed by atoms with Crippen molar-refractivity contribution in [2.24, 2.45) is 0 Å². The first kappa shape index (κ1) is 22.3. The number of thiophene rings is 1. The molecule has 2 amide bonds. The van der Waals surface area contributed by atoms with E-state index in [1.54, 1.807) is 0 Å². The number of carbonyl (C=O) groups is 2. The van der Waals surface area contributed by atoms with E-state index in [1.807, 2.05) is 6.07 Å². The van der Waals surface area contributed by atoms with Gasteiger partial charge in [-0.3, -0.25) is 20.4 Å². The molecule has 3 N–H and O–H groups in total. The van der Waals surface area contributed by atoms with Gasteiger partial charge in [0.15, 0.2) is 11.6 Å². The molecular weight excluding hydrogens is 436 g/mol. The second-order valence-corrected chi connectivity index (χ2v) is 9.75. The van der Waals surface area contributed by atoms with Crippen molar-refractivity contribution < 1.29 is 26.8 Å². The zero-order chi connectivity index (χ0) is 21.7. The Morgan fingerprint density at radius 3 is 2.53 bits per heavy atom. The number of hydrogen-bond donors (Lipinski definition) is 3. The second kappa shape index (κ2) is 9.63. The highest BCUT2D eigenvalue weighted by Gasteiger charge is 2.18. The summed E-state index contributed by atoms with van der Waals surface area (Å²) in [5, 5.41) is 0. The maximum absolute atomic E-state index is 13.2. The number of amides is 2. The zero-order valence-electron chi connectivity index (χ0n) is 16.0. The molecule has 0 atom stereocenters. The van der Waals surface area contributed by atoms with Crippen LogP contribution in [0.5, 0.6) is 0 Å². The van der Waals surface area contributed by atoms with Crippen molar-refractivity contribution in [1.82, 2.24) is 15.6 Å². The summed E-state index contributed by atoms with van der Waals surface area (Å²) < 4.78 is 52.3. The van der Waals surface area contributed by atoms with Crippen LogP contribution < -0.4 is 15.6 Å². The Kier molecular flexibility index (Phi) is 7.16. The third-order valence-electron chi connectivity index (χ3n) is 4.63. The van der Waals surface area contributed by atoms with Crippen molar-refractivity contribution in [2.75, 3.05) is 6.54 Å². The number of halogens is 2. The predicted molar refractivity (Wildman–Crippen MR) is 107 cm³/mol. The molecule has 2 aromatic rings. The van der Waals surface area contributed by atoms with E-state index in [2.05, 4.69) is 15.6 Å². The highest BCUT2D eigenvalue weighted by Crippen LogP contribution is 2.28. The van der Waals surface area contributed by atoms with Crippen molar-refractivity contribution in [3.63, 3.8) is 0 Å². The summed E-state index contributed by atoms with van der Waals surface area (Å²) in [4.78, 5) is 25.4. The van der Waals surface area contributed by atoms with E-state index in [-0.39, 0.29) is 13.0 Å². The molecule has 1 heterocycles. The standard InChI is InChI=1S/C19H21F2N3O4S2/c20-14-7-6-13(11-15(14)21)30(27,28)22-9-8-18(25)23-24-19(26)17-10-12-4-2-1-3-5-16(12)29-17/h6-7,10-11,22H,1-5,8-9H2,(H,23,25)(H,24,26). The number of rotatable bonds is 6. The Balaban J connectivity index is 1.45. The average Bonchev–Trinajstić information content (AvgIpc) is 2.98. The highest BCUT2D eigenvalue weighted by molar-refractivity contribution is 7.89. The maximum Gasteiger partial charge on any atom is 0.279 e. The molecular formula is C19H21F2N3O4S2. The molecule has 0 aliphatic heterocycles. The first-order valence-corrected chi connectivity index (χ1v) is 11.7. The van der Waals surface area contributed by atoms with Crippen LogP contribution in [0.25, 0.3) is 0 Å². The third kappa shape index (κ3) is 5.61. The molecule has 1 aromatic carbocycles. The van der Waals surface area contributed by atoms with E-state index in [0.717, 1.165) is 31.7 Å². The summed E-state index contributed by atoms with van der Waals surface area (Å²) in [6, 6.07) is 4.03. The van der Waals surface area contributed by atoms with E-state index in [0.29, 0.717) is 17.0 Å². The summed E-state index contributed by atoms with van der Waals surface area (Å²) >= 11 is 1.42. The van der Waals surface area contributed by atoms with Gasteiger partial charge in [-0.1, -0.05) is 6.42 Å². The Morgan fingerprint density at radius 1 is 1.00 bits per heavy atom. The van der Waals surface area contributed by atoms with Crippen LogP contribution in [-0.4, -0.2) is 26.8 Å². The number of hydrogen-bond acceptors (Lipinski definition) is 5. The lowest BCUT2D eigenvalue weighted by molar-refractivity contribution is -0.121. The molecule has 11 heteroatoms. The van der Waals surface area contributed by atoms with Gasteiger partial charge in [0, 0.05) is 17.8 Å². The molecule has 1 aliphatic rings. The molecule has 3 rings (SSSR count). The molecule has 30 heavy (non-hydrogen) atoms. The minimum Gasteiger partial charge on any atom is -0.273 e. The fourth-order valence-electron chi connectivity index (χ4n) is 3.06. The lowest BCUT2D eigenvalue weighted by Gasteiger charge is -2.08. The smallest absolute Gasteiger partial charge is 0.273 e. The maximum atomic E-state index is 13.2. The molecule has 0 spiro atoms. The van der Waals surface area contributed by atoms with Gasteiger partial charge in [-0.25, -0.2) is 21.9 Å². The Morgan fingerprint density at radius 2 is 1.77 bits per heavy atom. The van der Waals surface area contributed by atoms with Crippen LogP contribution in [-0.2, 0) is 27.7 Å². The molecule has 0 saturated carbocycles. The molecule has 0 radical (unpaired) electrons. The SMILES string of the molecule is O=C(CCNS(=O)(=O)c1ccc(F)c(F)c1)NNC(=O)c1cc2c(s1)CCCCC2. The second-order valence-electron chi connectivity index (χ2n) is 6.85.